The van der Waals surface area contributed by atoms with E-state index in [1.165, 1.54) is 39.6 Å². The summed E-state index contributed by atoms with van der Waals surface area (Å²) in [5.74, 6) is 0.801. The number of hydrogen-bond donors (Lipinski definition) is 0. The summed E-state index contributed by atoms with van der Waals surface area (Å²) >= 11 is 1.91. The highest BCUT2D eigenvalue weighted by Gasteiger charge is 2.28. The van der Waals surface area contributed by atoms with Gasteiger partial charge in [0, 0.05) is 22.4 Å². The number of benzene rings is 2. The molecule has 120 valence electrons. The third-order valence-electron chi connectivity index (χ3n) is 5.03. The first kappa shape index (κ1) is 15.1. The molecule has 1 heterocycles. The van der Waals surface area contributed by atoms with Crippen LogP contribution in [0.1, 0.15) is 31.2 Å². The van der Waals surface area contributed by atoms with Crippen molar-refractivity contribution in [2.45, 2.75) is 41.5 Å². The zero-order valence-corrected chi connectivity index (χ0v) is 14.9. The molecule has 4 rings (SSSR count). The summed E-state index contributed by atoms with van der Waals surface area (Å²) in [5, 5.41) is 0. The fourth-order valence-corrected chi connectivity index (χ4v) is 4.22. The molecular formula is C20H24N2S. The third kappa shape index (κ3) is 2.88. The van der Waals surface area contributed by atoms with Crippen molar-refractivity contribution in [2.75, 3.05) is 25.5 Å². The molecule has 2 aromatic rings. The molecular weight excluding hydrogens is 300 g/mol. The van der Waals surface area contributed by atoms with Gasteiger partial charge in [0.25, 0.3) is 0 Å². The van der Waals surface area contributed by atoms with Crippen molar-refractivity contribution in [3.8, 4) is 0 Å². The Labute approximate surface area is 143 Å². The molecule has 2 aliphatic rings. The lowest BCUT2D eigenvalue weighted by Gasteiger charge is -2.36. The molecule has 1 aliphatic heterocycles. The van der Waals surface area contributed by atoms with Gasteiger partial charge < -0.3 is 9.80 Å². The minimum absolute atomic E-state index is 0.503. The molecule has 0 bridgehead atoms. The lowest BCUT2D eigenvalue weighted by Crippen LogP contribution is -2.37. The van der Waals surface area contributed by atoms with Gasteiger partial charge in [0.05, 0.1) is 11.4 Å². The summed E-state index contributed by atoms with van der Waals surface area (Å²) in [7, 11) is 4.33. The number of nitrogens with zero attached hydrogens (tertiary/aromatic N) is 2. The average molecular weight is 324 g/mol. The van der Waals surface area contributed by atoms with Gasteiger partial charge in [0.2, 0.25) is 0 Å². The van der Waals surface area contributed by atoms with Gasteiger partial charge in [0.1, 0.15) is 0 Å². The first-order valence-electron chi connectivity index (χ1n) is 8.48. The summed E-state index contributed by atoms with van der Waals surface area (Å²) in [6, 6.07) is 16.4. The van der Waals surface area contributed by atoms with Crippen LogP contribution in [0, 0.1) is 0 Å². The molecule has 1 saturated carbocycles. The van der Waals surface area contributed by atoms with Crippen LogP contribution in [0.2, 0.25) is 0 Å². The van der Waals surface area contributed by atoms with E-state index in [9.17, 15) is 0 Å². The zero-order valence-electron chi connectivity index (χ0n) is 14.1. The molecule has 1 fully saturated rings. The SMILES string of the molecule is CC(CN1c2ccccc2Sc2ccc(C3CC3)cc21)N(C)C. The summed E-state index contributed by atoms with van der Waals surface area (Å²) in [5.41, 5.74) is 4.27. The Morgan fingerprint density at radius 2 is 1.83 bits per heavy atom. The molecule has 2 nitrogen and oxygen atoms in total. The third-order valence-corrected chi connectivity index (χ3v) is 6.16. The van der Waals surface area contributed by atoms with Crippen molar-refractivity contribution in [1.29, 1.82) is 0 Å². The van der Waals surface area contributed by atoms with Crippen LogP contribution < -0.4 is 4.90 Å². The fraction of sp³-hybridized carbons (Fsp3) is 0.400. The number of para-hydroxylation sites is 1. The maximum atomic E-state index is 2.53. The predicted octanol–water partition coefficient (Wildman–Crippen LogP) is 5.12. The second-order valence-corrected chi connectivity index (χ2v) is 8.08. The van der Waals surface area contributed by atoms with E-state index in [0.29, 0.717) is 6.04 Å². The quantitative estimate of drug-likeness (QED) is 0.771. The number of anilines is 2. The maximum Gasteiger partial charge on any atom is 0.0556 e. The zero-order chi connectivity index (χ0) is 16.0. The fourth-order valence-electron chi connectivity index (χ4n) is 3.14. The summed E-state index contributed by atoms with van der Waals surface area (Å²) in [6.07, 6.45) is 2.72. The Morgan fingerprint density at radius 3 is 2.57 bits per heavy atom. The van der Waals surface area contributed by atoms with Crippen molar-refractivity contribution in [1.82, 2.24) is 4.90 Å². The molecule has 0 spiro atoms. The Bertz CT molecular complexity index is 721. The van der Waals surface area contributed by atoms with Gasteiger partial charge in [-0.15, -0.1) is 0 Å². The minimum Gasteiger partial charge on any atom is -0.338 e. The van der Waals surface area contributed by atoms with Gasteiger partial charge >= 0.3 is 0 Å². The highest BCUT2D eigenvalue weighted by atomic mass is 32.2. The van der Waals surface area contributed by atoms with E-state index in [2.05, 4.69) is 73.3 Å². The smallest absolute Gasteiger partial charge is 0.0556 e. The first-order chi connectivity index (χ1) is 11.1. The van der Waals surface area contributed by atoms with Crippen LogP contribution in [-0.2, 0) is 0 Å². The summed E-state index contributed by atoms with van der Waals surface area (Å²) in [6.45, 7) is 3.32. The van der Waals surface area contributed by atoms with Gasteiger partial charge in [-0.1, -0.05) is 30.0 Å². The highest BCUT2D eigenvalue weighted by molar-refractivity contribution is 7.99. The van der Waals surface area contributed by atoms with Gasteiger partial charge in [-0.25, -0.2) is 0 Å². The molecule has 1 aliphatic carbocycles. The largest absolute Gasteiger partial charge is 0.338 e. The number of likely N-dealkylation sites (N-methyl/N-ethyl adjacent to an activating group) is 1. The number of fused-ring (bicyclic) bond motifs is 2. The van der Waals surface area contributed by atoms with Crippen LogP contribution in [0.4, 0.5) is 11.4 Å². The monoisotopic (exact) mass is 324 g/mol. The average Bonchev–Trinajstić information content (AvgIpc) is 3.39. The first-order valence-corrected chi connectivity index (χ1v) is 9.30. The highest BCUT2D eigenvalue weighted by Crippen LogP contribution is 2.50. The van der Waals surface area contributed by atoms with Gasteiger partial charge in [-0.2, -0.15) is 0 Å². The van der Waals surface area contributed by atoms with E-state index < -0.39 is 0 Å². The van der Waals surface area contributed by atoms with Crippen molar-refractivity contribution in [2.24, 2.45) is 0 Å². The van der Waals surface area contributed by atoms with Crippen LogP contribution in [0.15, 0.2) is 52.3 Å². The molecule has 0 amide bonds. The number of hydrogen-bond acceptors (Lipinski definition) is 3. The molecule has 0 aromatic heterocycles. The van der Waals surface area contributed by atoms with Crippen LogP contribution in [0.5, 0.6) is 0 Å². The van der Waals surface area contributed by atoms with Crippen LogP contribution >= 0.6 is 11.8 Å². The minimum atomic E-state index is 0.503. The van der Waals surface area contributed by atoms with E-state index >= 15 is 0 Å². The molecule has 0 radical (unpaired) electrons. The van der Waals surface area contributed by atoms with Crippen LogP contribution in [0.25, 0.3) is 0 Å². The summed E-state index contributed by atoms with van der Waals surface area (Å²) < 4.78 is 0. The molecule has 3 heteroatoms. The Balaban J connectivity index is 1.77. The van der Waals surface area contributed by atoms with Gasteiger partial charge in [0.15, 0.2) is 0 Å². The van der Waals surface area contributed by atoms with Crippen molar-refractivity contribution >= 4 is 23.1 Å². The Kier molecular flexibility index (Phi) is 3.86. The Morgan fingerprint density at radius 1 is 1.09 bits per heavy atom. The standard InChI is InChI=1S/C20H24N2S/c1-14(21(2)3)13-22-17-6-4-5-7-19(17)23-20-11-10-16(12-18(20)22)15-8-9-15/h4-7,10-12,14-15H,8-9,13H2,1-3H3. The van der Waals surface area contributed by atoms with E-state index in [1.54, 1.807) is 0 Å². The van der Waals surface area contributed by atoms with E-state index in [-0.39, 0.29) is 0 Å². The lowest BCUT2D eigenvalue weighted by atomic mass is 10.1. The Hall–Kier alpha value is -1.45. The van der Waals surface area contributed by atoms with Crippen LogP contribution in [-0.4, -0.2) is 31.6 Å². The van der Waals surface area contributed by atoms with Crippen LogP contribution in [0.3, 0.4) is 0 Å². The van der Waals surface area contributed by atoms with Gasteiger partial charge in [-0.05, 0) is 69.6 Å². The second-order valence-electron chi connectivity index (χ2n) is 6.99. The molecule has 23 heavy (non-hydrogen) atoms. The van der Waals surface area contributed by atoms with Crippen molar-refractivity contribution in [3.05, 3.63) is 48.0 Å². The van der Waals surface area contributed by atoms with Gasteiger partial charge in [-0.3, -0.25) is 0 Å². The lowest BCUT2D eigenvalue weighted by molar-refractivity contribution is 0.319. The van der Waals surface area contributed by atoms with E-state index in [0.717, 1.165) is 12.5 Å². The van der Waals surface area contributed by atoms with E-state index in [1.807, 2.05) is 11.8 Å². The maximum absolute atomic E-state index is 2.53. The molecule has 0 saturated heterocycles. The van der Waals surface area contributed by atoms with E-state index in [4.69, 9.17) is 0 Å². The van der Waals surface area contributed by atoms with Crippen molar-refractivity contribution < 1.29 is 0 Å². The normalized spacial score (nSPS) is 17.8. The summed E-state index contributed by atoms with van der Waals surface area (Å²) in [4.78, 5) is 7.58. The van der Waals surface area contributed by atoms with Crippen molar-refractivity contribution in [3.63, 3.8) is 0 Å². The molecule has 1 unspecified atom stereocenters. The molecule has 1 atom stereocenters. The topological polar surface area (TPSA) is 6.48 Å². The molecule has 2 aromatic carbocycles. The molecule has 0 N–H and O–H groups in total. The predicted molar refractivity (Wildman–Crippen MR) is 99.1 cm³/mol. The number of rotatable bonds is 4. The second kappa shape index (κ2) is 5.88.